The van der Waals surface area contributed by atoms with Crippen LogP contribution in [0.2, 0.25) is 0 Å². The molecule has 0 saturated carbocycles. The SMILES string of the molecule is COc1cc(OC)cc(C(NC(=O)c2cccc([N+](=O)[O-])c2)c2nccn2C)c1. The van der Waals surface area contributed by atoms with E-state index >= 15 is 0 Å². The van der Waals surface area contributed by atoms with Crippen LogP contribution >= 0.6 is 0 Å². The number of non-ortho nitro benzene ring substituents is 1. The van der Waals surface area contributed by atoms with Crippen molar-refractivity contribution in [1.29, 1.82) is 0 Å². The van der Waals surface area contributed by atoms with E-state index in [-0.39, 0.29) is 11.3 Å². The zero-order valence-corrected chi connectivity index (χ0v) is 16.2. The number of nitro groups is 1. The lowest BCUT2D eigenvalue weighted by atomic mass is 10.0. The van der Waals surface area contributed by atoms with Gasteiger partial charge in [-0.2, -0.15) is 0 Å². The van der Waals surface area contributed by atoms with Crippen molar-refractivity contribution in [2.24, 2.45) is 7.05 Å². The smallest absolute Gasteiger partial charge is 0.270 e. The van der Waals surface area contributed by atoms with Crippen LogP contribution in [0.4, 0.5) is 5.69 Å². The maximum atomic E-state index is 12.9. The summed E-state index contributed by atoms with van der Waals surface area (Å²) < 4.78 is 12.4. The Bertz CT molecular complexity index is 1020. The van der Waals surface area contributed by atoms with Gasteiger partial charge in [0.25, 0.3) is 11.6 Å². The number of hydrogen-bond donors (Lipinski definition) is 1. The third kappa shape index (κ3) is 4.34. The molecule has 0 aliphatic heterocycles. The molecule has 0 spiro atoms. The summed E-state index contributed by atoms with van der Waals surface area (Å²) >= 11 is 0. The van der Waals surface area contributed by atoms with Gasteiger partial charge in [-0.1, -0.05) is 6.07 Å². The molecule has 0 fully saturated rings. The number of benzene rings is 2. The van der Waals surface area contributed by atoms with Crippen LogP contribution in [0.25, 0.3) is 0 Å². The molecule has 1 unspecified atom stereocenters. The fourth-order valence-corrected chi connectivity index (χ4v) is 2.92. The molecule has 9 nitrogen and oxygen atoms in total. The number of imidazole rings is 1. The lowest BCUT2D eigenvalue weighted by molar-refractivity contribution is -0.384. The van der Waals surface area contributed by atoms with Gasteiger partial charge in [-0.15, -0.1) is 0 Å². The molecule has 1 aromatic heterocycles. The van der Waals surface area contributed by atoms with Crippen LogP contribution in [0, 0.1) is 10.1 Å². The Morgan fingerprint density at radius 2 is 1.86 bits per heavy atom. The topological polar surface area (TPSA) is 109 Å². The second-order valence-corrected chi connectivity index (χ2v) is 6.26. The lowest BCUT2D eigenvalue weighted by Gasteiger charge is -2.20. The van der Waals surface area contributed by atoms with Gasteiger partial charge < -0.3 is 19.4 Å². The number of amides is 1. The number of hydrogen-bond acceptors (Lipinski definition) is 6. The number of nitro benzene ring substituents is 1. The number of ether oxygens (including phenoxy) is 2. The van der Waals surface area contributed by atoms with E-state index < -0.39 is 16.9 Å². The first kappa shape index (κ1) is 19.9. The second kappa shape index (κ2) is 8.42. The summed E-state index contributed by atoms with van der Waals surface area (Å²) in [4.78, 5) is 27.7. The molecule has 3 rings (SSSR count). The van der Waals surface area contributed by atoms with Gasteiger partial charge in [-0.25, -0.2) is 4.98 Å². The highest BCUT2D eigenvalue weighted by Gasteiger charge is 2.23. The number of methoxy groups -OCH3 is 2. The van der Waals surface area contributed by atoms with Crippen LogP contribution in [-0.4, -0.2) is 34.6 Å². The summed E-state index contributed by atoms with van der Waals surface area (Å²) in [6.45, 7) is 0. The molecule has 0 aliphatic carbocycles. The van der Waals surface area contributed by atoms with E-state index in [0.29, 0.717) is 22.9 Å². The van der Waals surface area contributed by atoms with Gasteiger partial charge in [-0.3, -0.25) is 14.9 Å². The van der Waals surface area contributed by atoms with Crippen LogP contribution in [-0.2, 0) is 7.05 Å². The number of aromatic nitrogens is 2. The standard InChI is InChI=1S/C20H20N4O5/c1-23-8-7-21-19(23)18(14-10-16(28-2)12-17(11-14)29-3)22-20(25)13-5-4-6-15(9-13)24(26)27/h4-12,18H,1-3H3,(H,22,25). The Kier molecular flexibility index (Phi) is 5.77. The predicted octanol–water partition coefficient (Wildman–Crippen LogP) is 2.86. The van der Waals surface area contributed by atoms with Gasteiger partial charge in [0, 0.05) is 43.2 Å². The van der Waals surface area contributed by atoms with Gasteiger partial charge in [-0.05, 0) is 23.8 Å². The van der Waals surface area contributed by atoms with Gasteiger partial charge in [0.05, 0.1) is 19.1 Å². The summed E-state index contributed by atoms with van der Waals surface area (Å²) in [5.41, 5.74) is 0.705. The molecule has 9 heteroatoms. The zero-order chi connectivity index (χ0) is 21.0. The van der Waals surface area contributed by atoms with Gasteiger partial charge in [0.15, 0.2) is 0 Å². The molecule has 3 aromatic rings. The lowest BCUT2D eigenvalue weighted by Crippen LogP contribution is -2.31. The quantitative estimate of drug-likeness (QED) is 0.486. The van der Waals surface area contributed by atoms with E-state index in [1.165, 1.54) is 38.5 Å². The molecule has 1 atom stereocenters. The predicted molar refractivity (Wildman–Crippen MR) is 105 cm³/mol. The van der Waals surface area contributed by atoms with Crippen LogP contribution < -0.4 is 14.8 Å². The van der Waals surface area contributed by atoms with E-state index in [0.717, 1.165) is 0 Å². The molecule has 1 amide bonds. The Hall–Kier alpha value is -3.88. The van der Waals surface area contributed by atoms with Crippen molar-refractivity contribution in [2.75, 3.05) is 14.2 Å². The number of carbonyl (C=O) groups is 1. The van der Waals surface area contributed by atoms with Crippen LogP contribution in [0.1, 0.15) is 27.8 Å². The summed E-state index contributed by atoms with van der Waals surface area (Å²) in [6.07, 6.45) is 3.39. The largest absolute Gasteiger partial charge is 0.497 e. The first-order valence-corrected chi connectivity index (χ1v) is 8.68. The third-order valence-electron chi connectivity index (χ3n) is 4.42. The highest BCUT2D eigenvalue weighted by atomic mass is 16.6. The maximum Gasteiger partial charge on any atom is 0.270 e. The van der Waals surface area contributed by atoms with Crippen LogP contribution in [0.15, 0.2) is 54.9 Å². The molecule has 150 valence electrons. The van der Waals surface area contributed by atoms with Crippen molar-refractivity contribution in [2.45, 2.75) is 6.04 Å². The highest BCUT2D eigenvalue weighted by Crippen LogP contribution is 2.29. The molecule has 0 radical (unpaired) electrons. The Morgan fingerprint density at radius 1 is 1.17 bits per heavy atom. The maximum absolute atomic E-state index is 12.9. The molecular formula is C20H20N4O5. The molecule has 0 saturated heterocycles. The summed E-state index contributed by atoms with van der Waals surface area (Å²) in [5.74, 6) is 1.23. The average Bonchev–Trinajstić information content (AvgIpc) is 3.16. The number of carbonyl (C=O) groups excluding carboxylic acids is 1. The number of aryl methyl sites for hydroxylation is 1. The minimum atomic E-state index is -0.634. The highest BCUT2D eigenvalue weighted by molar-refractivity contribution is 5.95. The van der Waals surface area contributed by atoms with Crippen LogP contribution in [0.3, 0.4) is 0 Å². The first-order valence-electron chi connectivity index (χ1n) is 8.68. The van der Waals surface area contributed by atoms with E-state index in [2.05, 4.69) is 10.3 Å². The molecular weight excluding hydrogens is 376 g/mol. The second-order valence-electron chi connectivity index (χ2n) is 6.26. The van der Waals surface area contributed by atoms with Gasteiger partial charge >= 0.3 is 0 Å². The monoisotopic (exact) mass is 396 g/mol. The molecule has 0 bridgehead atoms. The average molecular weight is 396 g/mol. The summed E-state index contributed by atoms with van der Waals surface area (Å²) in [7, 11) is 4.89. The fraction of sp³-hybridized carbons (Fsp3) is 0.200. The molecule has 0 aliphatic rings. The summed E-state index contributed by atoms with van der Waals surface area (Å²) in [5, 5.41) is 13.9. The molecule has 2 aromatic carbocycles. The third-order valence-corrected chi connectivity index (χ3v) is 4.42. The number of nitrogens with one attached hydrogen (secondary N) is 1. The Morgan fingerprint density at radius 3 is 2.41 bits per heavy atom. The normalized spacial score (nSPS) is 11.6. The van der Waals surface area contributed by atoms with Crippen LogP contribution in [0.5, 0.6) is 11.5 Å². The van der Waals surface area contributed by atoms with Crippen molar-refractivity contribution in [3.05, 3.63) is 81.9 Å². The van der Waals surface area contributed by atoms with Crippen molar-refractivity contribution >= 4 is 11.6 Å². The molecule has 29 heavy (non-hydrogen) atoms. The Labute approximate surface area is 167 Å². The number of nitrogens with zero attached hydrogens (tertiary/aromatic N) is 3. The molecule has 1 heterocycles. The van der Waals surface area contributed by atoms with Crippen molar-refractivity contribution in [3.8, 4) is 11.5 Å². The minimum Gasteiger partial charge on any atom is -0.497 e. The van der Waals surface area contributed by atoms with Gasteiger partial charge in [0.1, 0.15) is 23.4 Å². The van der Waals surface area contributed by atoms with E-state index in [9.17, 15) is 14.9 Å². The fourth-order valence-electron chi connectivity index (χ4n) is 2.92. The zero-order valence-electron chi connectivity index (χ0n) is 16.2. The van der Waals surface area contributed by atoms with Crippen molar-refractivity contribution < 1.29 is 19.2 Å². The number of rotatable bonds is 7. The first-order chi connectivity index (χ1) is 13.9. The molecule has 1 N–H and O–H groups in total. The van der Waals surface area contributed by atoms with Gasteiger partial charge in [0.2, 0.25) is 0 Å². The van der Waals surface area contributed by atoms with E-state index in [4.69, 9.17) is 9.47 Å². The van der Waals surface area contributed by atoms with E-state index in [1.54, 1.807) is 35.2 Å². The summed E-state index contributed by atoms with van der Waals surface area (Å²) in [6, 6.07) is 10.2. The minimum absolute atomic E-state index is 0.158. The van der Waals surface area contributed by atoms with Crippen molar-refractivity contribution in [3.63, 3.8) is 0 Å². The van der Waals surface area contributed by atoms with E-state index in [1.807, 2.05) is 7.05 Å². The Balaban J connectivity index is 2.02. The van der Waals surface area contributed by atoms with Crippen molar-refractivity contribution in [1.82, 2.24) is 14.9 Å².